The summed E-state index contributed by atoms with van der Waals surface area (Å²) in [5.74, 6) is 0.289. The van der Waals surface area contributed by atoms with Crippen molar-refractivity contribution in [2.24, 2.45) is 10.8 Å². The van der Waals surface area contributed by atoms with Crippen molar-refractivity contribution in [2.75, 3.05) is 7.11 Å². The van der Waals surface area contributed by atoms with Gasteiger partial charge in [0, 0.05) is 12.5 Å². The topological polar surface area (TPSA) is 85.9 Å². The maximum atomic E-state index is 10.8. The first-order valence-electron chi connectivity index (χ1n) is 5.41. The molecule has 0 heterocycles. The van der Waals surface area contributed by atoms with Gasteiger partial charge in [-0.1, -0.05) is 0 Å². The van der Waals surface area contributed by atoms with Gasteiger partial charge in [0.05, 0.1) is 13.3 Å². The van der Waals surface area contributed by atoms with Crippen LogP contribution in [0.5, 0.6) is 5.75 Å². The van der Waals surface area contributed by atoms with Gasteiger partial charge in [0.25, 0.3) is 0 Å². The minimum Gasteiger partial charge on any atom is -0.496 e. The molecule has 1 rings (SSSR count). The molecule has 0 radical (unpaired) electrons. The van der Waals surface area contributed by atoms with Crippen LogP contribution in [0.25, 0.3) is 0 Å². The highest BCUT2D eigenvalue weighted by atomic mass is 32.1. The van der Waals surface area contributed by atoms with Crippen molar-refractivity contribution in [1.29, 1.82) is 0 Å². The molecule has 0 aromatic heterocycles. The number of ether oxygens (including phenoxy) is 2. The Kier molecular flexibility index (Phi) is 5.74. The summed E-state index contributed by atoms with van der Waals surface area (Å²) in [7, 11) is 1.55. The van der Waals surface area contributed by atoms with Crippen molar-refractivity contribution in [1.82, 2.24) is 5.43 Å². The average molecular weight is 281 g/mol. The van der Waals surface area contributed by atoms with E-state index in [9.17, 15) is 4.79 Å². The molecule has 0 atom stereocenters. The molecule has 0 bridgehead atoms. The Morgan fingerprint density at radius 1 is 1.58 bits per heavy atom. The maximum Gasteiger partial charge on any atom is 0.302 e. The maximum absolute atomic E-state index is 10.8. The Morgan fingerprint density at radius 2 is 2.32 bits per heavy atom. The van der Waals surface area contributed by atoms with E-state index in [1.165, 1.54) is 6.92 Å². The first-order chi connectivity index (χ1) is 9.02. The highest BCUT2D eigenvalue weighted by molar-refractivity contribution is 7.80. The SMILES string of the molecule is COc1ccc(C=NNC(N)=S)cc1COC(C)=O. The number of hydrogen-bond donors (Lipinski definition) is 2. The molecular formula is C12H15N3O3S. The lowest BCUT2D eigenvalue weighted by molar-refractivity contribution is -0.142. The molecule has 1 aromatic rings. The van der Waals surface area contributed by atoms with E-state index < -0.39 is 0 Å². The molecule has 0 aliphatic rings. The summed E-state index contributed by atoms with van der Waals surface area (Å²) in [6.45, 7) is 1.49. The van der Waals surface area contributed by atoms with Crippen molar-refractivity contribution in [3.8, 4) is 5.75 Å². The third-order valence-corrected chi connectivity index (χ3v) is 2.22. The van der Waals surface area contributed by atoms with Crippen LogP contribution in [0.1, 0.15) is 18.1 Å². The van der Waals surface area contributed by atoms with Gasteiger partial charge in [0.1, 0.15) is 12.4 Å². The molecule has 0 amide bonds. The van der Waals surface area contributed by atoms with Gasteiger partial charge in [-0.2, -0.15) is 5.10 Å². The van der Waals surface area contributed by atoms with E-state index >= 15 is 0 Å². The van der Waals surface area contributed by atoms with E-state index in [-0.39, 0.29) is 17.7 Å². The summed E-state index contributed by atoms with van der Waals surface area (Å²) in [6, 6.07) is 5.37. The Balaban J connectivity index is 2.84. The largest absolute Gasteiger partial charge is 0.496 e. The zero-order valence-corrected chi connectivity index (χ0v) is 11.5. The molecule has 102 valence electrons. The Morgan fingerprint density at radius 3 is 2.89 bits per heavy atom. The number of nitrogens with zero attached hydrogens (tertiary/aromatic N) is 1. The summed E-state index contributed by atoms with van der Waals surface area (Å²) < 4.78 is 10.1. The normalized spacial score (nSPS) is 10.2. The van der Waals surface area contributed by atoms with E-state index in [2.05, 4.69) is 22.7 Å². The highest BCUT2D eigenvalue weighted by Gasteiger charge is 2.05. The number of carbonyl (C=O) groups is 1. The average Bonchev–Trinajstić information content (AvgIpc) is 2.36. The van der Waals surface area contributed by atoms with Crippen molar-refractivity contribution in [3.05, 3.63) is 29.3 Å². The summed E-state index contributed by atoms with van der Waals surface area (Å²) in [4.78, 5) is 10.8. The molecule has 3 N–H and O–H groups in total. The first kappa shape index (κ1) is 14.9. The number of rotatable bonds is 5. The summed E-state index contributed by atoms with van der Waals surface area (Å²) in [5.41, 5.74) is 9.24. The number of carbonyl (C=O) groups excluding carboxylic acids is 1. The number of nitrogens with one attached hydrogen (secondary N) is 1. The number of nitrogens with two attached hydrogens (primary N) is 1. The molecule has 0 saturated heterocycles. The van der Waals surface area contributed by atoms with Gasteiger partial charge in [0.2, 0.25) is 0 Å². The molecule has 1 aromatic carbocycles. The molecule has 0 fully saturated rings. The van der Waals surface area contributed by atoms with Gasteiger partial charge in [-0.25, -0.2) is 0 Å². The fraction of sp³-hybridized carbons (Fsp3) is 0.250. The second kappa shape index (κ2) is 7.32. The van der Waals surface area contributed by atoms with Gasteiger partial charge in [-0.3, -0.25) is 10.2 Å². The lowest BCUT2D eigenvalue weighted by Crippen LogP contribution is -2.24. The molecule has 0 aliphatic heterocycles. The zero-order valence-electron chi connectivity index (χ0n) is 10.7. The van der Waals surface area contributed by atoms with Crippen LogP contribution in [0.4, 0.5) is 0 Å². The van der Waals surface area contributed by atoms with E-state index in [4.69, 9.17) is 15.2 Å². The lowest BCUT2D eigenvalue weighted by atomic mass is 10.1. The minimum atomic E-state index is -0.351. The smallest absolute Gasteiger partial charge is 0.302 e. The van der Waals surface area contributed by atoms with Crippen LogP contribution < -0.4 is 15.9 Å². The van der Waals surface area contributed by atoms with Crippen molar-refractivity contribution in [2.45, 2.75) is 13.5 Å². The molecule has 7 heteroatoms. The molecule has 0 aliphatic carbocycles. The van der Waals surface area contributed by atoms with Gasteiger partial charge < -0.3 is 15.2 Å². The van der Waals surface area contributed by atoms with Gasteiger partial charge >= 0.3 is 5.97 Å². The lowest BCUT2D eigenvalue weighted by Gasteiger charge is -2.09. The molecule has 0 unspecified atom stereocenters. The molecule has 0 saturated carbocycles. The minimum absolute atomic E-state index is 0.0879. The van der Waals surface area contributed by atoms with Gasteiger partial charge in [0.15, 0.2) is 5.11 Å². The van der Waals surface area contributed by atoms with E-state index in [1.54, 1.807) is 31.5 Å². The predicted octanol–water partition coefficient (Wildman–Crippen LogP) is 0.925. The van der Waals surface area contributed by atoms with Crippen LogP contribution in [0.15, 0.2) is 23.3 Å². The van der Waals surface area contributed by atoms with E-state index in [0.29, 0.717) is 5.75 Å². The number of thiocarbonyl (C=S) groups is 1. The number of hydrazone groups is 1. The molecule has 6 nitrogen and oxygen atoms in total. The Labute approximate surface area is 116 Å². The monoisotopic (exact) mass is 281 g/mol. The van der Waals surface area contributed by atoms with Crippen LogP contribution in [-0.2, 0) is 16.1 Å². The van der Waals surface area contributed by atoms with Crippen molar-refractivity contribution < 1.29 is 14.3 Å². The fourth-order valence-corrected chi connectivity index (χ4v) is 1.39. The predicted molar refractivity (Wildman–Crippen MR) is 76.0 cm³/mol. The molecule has 19 heavy (non-hydrogen) atoms. The fourth-order valence-electron chi connectivity index (χ4n) is 1.34. The summed E-state index contributed by atoms with van der Waals surface area (Å²) in [6.07, 6.45) is 1.55. The van der Waals surface area contributed by atoms with Gasteiger partial charge in [-0.15, -0.1) is 0 Å². The third kappa shape index (κ3) is 5.35. The second-order valence-corrected chi connectivity index (χ2v) is 4.03. The van der Waals surface area contributed by atoms with Crippen LogP contribution in [0, 0.1) is 0 Å². The summed E-state index contributed by atoms with van der Waals surface area (Å²) >= 11 is 4.62. The zero-order chi connectivity index (χ0) is 14.3. The van der Waals surface area contributed by atoms with E-state index in [0.717, 1.165) is 11.1 Å². The van der Waals surface area contributed by atoms with Crippen LogP contribution in [0.3, 0.4) is 0 Å². The highest BCUT2D eigenvalue weighted by Crippen LogP contribution is 2.20. The number of methoxy groups -OCH3 is 1. The number of benzene rings is 1. The Hall–Kier alpha value is -2.15. The quantitative estimate of drug-likeness (QED) is 0.361. The first-order valence-corrected chi connectivity index (χ1v) is 5.82. The Bertz CT molecular complexity index is 503. The molecule has 0 spiro atoms. The second-order valence-electron chi connectivity index (χ2n) is 3.59. The third-order valence-electron chi connectivity index (χ3n) is 2.12. The van der Waals surface area contributed by atoms with Gasteiger partial charge in [-0.05, 0) is 36.0 Å². The molecular weight excluding hydrogens is 266 g/mol. The van der Waals surface area contributed by atoms with Crippen molar-refractivity contribution >= 4 is 29.5 Å². The van der Waals surface area contributed by atoms with Crippen LogP contribution >= 0.6 is 12.2 Å². The number of esters is 1. The van der Waals surface area contributed by atoms with Crippen LogP contribution in [-0.4, -0.2) is 24.4 Å². The van der Waals surface area contributed by atoms with Crippen LogP contribution in [0.2, 0.25) is 0 Å². The van der Waals surface area contributed by atoms with E-state index in [1.807, 2.05) is 0 Å². The standard InChI is InChI=1S/C12H15N3O3S/c1-8(16)18-7-10-5-9(3-4-11(10)17-2)6-14-15-12(13)19/h3-6H,7H2,1-2H3,(H3,13,15,19). The summed E-state index contributed by atoms with van der Waals surface area (Å²) in [5, 5.41) is 3.93. The number of hydrogen-bond acceptors (Lipinski definition) is 5. The van der Waals surface area contributed by atoms with Crippen molar-refractivity contribution in [3.63, 3.8) is 0 Å².